The molecule has 0 spiro atoms. The Hall–Kier alpha value is -3.33. The molecule has 2 N–H and O–H groups in total. The van der Waals surface area contributed by atoms with Crippen molar-refractivity contribution in [1.29, 1.82) is 0 Å². The van der Waals surface area contributed by atoms with Crippen molar-refractivity contribution in [2.75, 3.05) is 26.5 Å². The third-order valence-electron chi connectivity index (χ3n) is 5.97. The van der Waals surface area contributed by atoms with Gasteiger partial charge in [0.2, 0.25) is 6.79 Å². The molecule has 0 aliphatic carbocycles. The van der Waals surface area contributed by atoms with E-state index in [0.29, 0.717) is 36.8 Å². The van der Waals surface area contributed by atoms with Crippen LogP contribution in [0.5, 0.6) is 17.2 Å². The number of carboxylic acids is 2. The number of nitrogens with zero attached hydrogens (tertiary/aromatic N) is 1. The van der Waals surface area contributed by atoms with Gasteiger partial charge in [-0.15, -0.1) is 0 Å². The van der Waals surface area contributed by atoms with E-state index in [9.17, 15) is 19.1 Å². The van der Waals surface area contributed by atoms with Crippen LogP contribution in [0.4, 0.5) is 4.39 Å². The first-order valence-corrected chi connectivity index (χ1v) is 10.4. The van der Waals surface area contributed by atoms with Crippen LogP contribution in [0, 0.1) is 11.7 Å². The number of carbonyl (C=O) groups is 2. The van der Waals surface area contributed by atoms with Gasteiger partial charge >= 0.3 is 11.9 Å². The number of rotatable bonds is 8. The van der Waals surface area contributed by atoms with Crippen molar-refractivity contribution < 1.29 is 38.4 Å². The lowest BCUT2D eigenvalue weighted by Crippen LogP contribution is -2.50. The van der Waals surface area contributed by atoms with Gasteiger partial charge in [-0.1, -0.05) is 12.1 Å². The van der Waals surface area contributed by atoms with Crippen LogP contribution in [-0.4, -0.2) is 59.6 Å². The van der Waals surface area contributed by atoms with Crippen LogP contribution < -0.4 is 14.2 Å². The molecule has 0 bridgehead atoms. The Balaban J connectivity index is 1.52. The highest BCUT2D eigenvalue weighted by Gasteiger charge is 2.37. The number of carboxylic acid groups (broad SMARTS) is 2. The summed E-state index contributed by atoms with van der Waals surface area (Å²) >= 11 is 0. The Kier molecular flexibility index (Phi) is 6.45. The zero-order valence-corrected chi connectivity index (χ0v) is 17.3. The van der Waals surface area contributed by atoms with E-state index in [-0.39, 0.29) is 31.1 Å². The molecule has 0 aromatic heterocycles. The number of aliphatic carboxylic acids is 2. The summed E-state index contributed by atoms with van der Waals surface area (Å²) in [5.41, 5.74) is 0.940. The number of hydrogen-bond donors (Lipinski definition) is 2. The molecule has 0 amide bonds. The molecule has 1 saturated heterocycles. The monoisotopic (exact) mass is 445 g/mol. The molecule has 32 heavy (non-hydrogen) atoms. The molecule has 2 aliphatic rings. The van der Waals surface area contributed by atoms with Gasteiger partial charge in [-0.3, -0.25) is 14.5 Å². The average Bonchev–Trinajstić information content (AvgIpc) is 3.24. The molecule has 170 valence electrons. The quantitative estimate of drug-likeness (QED) is 0.639. The number of likely N-dealkylation sites (tertiary alicyclic amines) is 1. The molecule has 2 aromatic carbocycles. The second kappa shape index (κ2) is 9.44. The van der Waals surface area contributed by atoms with E-state index >= 15 is 0 Å². The predicted octanol–water partition coefficient (Wildman–Crippen LogP) is 2.97. The standard InChI is InChI=1S/C23H24FNO7/c24-16-3-1-14(2-4-16)18-7-8-25(19(23(28)29)10-22(26)27)11-15(18)12-30-17-5-6-20-21(9-17)32-13-31-20/h1-6,9,15,18-19H,7-8,10-13H2,(H,26,27)(H,28,29)/t15-,18-,19?/m1/s1. The summed E-state index contributed by atoms with van der Waals surface area (Å²) in [6.07, 6.45) is 0.122. The molecule has 3 atom stereocenters. The van der Waals surface area contributed by atoms with Gasteiger partial charge < -0.3 is 24.4 Å². The van der Waals surface area contributed by atoms with Crippen molar-refractivity contribution in [3.05, 3.63) is 53.8 Å². The third kappa shape index (κ3) is 4.94. The van der Waals surface area contributed by atoms with Crippen molar-refractivity contribution in [3.8, 4) is 17.2 Å². The first-order valence-electron chi connectivity index (χ1n) is 10.4. The molecule has 2 heterocycles. The van der Waals surface area contributed by atoms with E-state index in [1.54, 1.807) is 35.2 Å². The third-order valence-corrected chi connectivity index (χ3v) is 5.97. The van der Waals surface area contributed by atoms with E-state index in [1.807, 2.05) is 0 Å². The Morgan fingerprint density at radius 3 is 2.59 bits per heavy atom. The minimum atomic E-state index is -1.16. The molecule has 4 rings (SSSR count). The highest BCUT2D eigenvalue weighted by Crippen LogP contribution is 2.37. The van der Waals surface area contributed by atoms with E-state index in [4.69, 9.17) is 19.3 Å². The fourth-order valence-corrected chi connectivity index (χ4v) is 4.37. The highest BCUT2D eigenvalue weighted by atomic mass is 19.1. The van der Waals surface area contributed by atoms with E-state index in [0.717, 1.165) is 5.56 Å². The summed E-state index contributed by atoms with van der Waals surface area (Å²) in [7, 11) is 0. The smallest absolute Gasteiger partial charge is 0.321 e. The average molecular weight is 445 g/mol. The number of hydrogen-bond acceptors (Lipinski definition) is 6. The van der Waals surface area contributed by atoms with Crippen LogP contribution in [0.1, 0.15) is 24.3 Å². The lowest BCUT2D eigenvalue weighted by atomic mass is 9.80. The summed E-state index contributed by atoms with van der Waals surface area (Å²) in [4.78, 5) is 24.6. The van der Waals surface area contributed by atoms with Gasteiger partial charge in [0.1, 0.15) is 17.6 Å². The first kappa shape index (κ1) is 21.9. The van der Waals surface area contributed by atoms with E-state index in [2.05, 4.69) is 0 Å². The van der Waals surface area contributed by atoms with Gasteiger partial charge in [-0.2, -0.15) is 0 Å². The SMILES string of the molecule is O=C(O)CC(C(=O)O)N1CC[C@H](c2ccc(F)cc2)[C@@H](COc2ccc3c(c2)OCO3)C1. The van der Waals surface area contributed by atoms with Crippen LogP contribution in [0.2, 0.25) is 0 Å². The second-order valence-electron chi connectivity index (χ2n) is 7.98. The zero-order chi connectivity index (χ0) is 22.7. The molecule has 0 radical (unpaired) electrons. The van der Waals surface area contributed by atoms with Crippen molar-refractivity contribution in [3.63, 3.8) is 0 Å². The molecule has 1 fully saturated rings. The summed E-state index contributed by atoms with van der Waals surface area (Å²) in [6, 6.07) is 10.4. The summed E-state index contributed by atoms with van der Waals surface area (Å²) in [5, 5.41) is 18.7. The Bertz CT molecular complexity index is 981. The fourth-order valence-electron chi connectivity index (χ4n) is 4.37. The topological polar surface area (TPSA) is 106 Å². The molecule has 2 aromatic rings. The van der Waals surface area contributed by atoms with Crippen LogP contribution in [0.3, 0.4) is 0 Å². The number of ether oxygens (including phenoxy) is 3. The molecular weight excluding hydrogens is 421 g/mol. The van der Waals surface area contributed by atoms with Crippen molar-refractivity contribution >= 4 is 11.9 Å². The maximum absolute atomic E-state index is 13.4. The normalized spacial score (nSPS) is 21.2. The van der Waals surface area contributed by atoms with E-state index in [1.165, 1.54) is 12.1 Å². The minimum Gasteiger partial charge on any atom is -0.493 e. The van der Waals surface area contributed by atoms with Crippen LogP contribution >= 0.6 is 0 Å². The molecular formula is C23H24FNO7. The largest absolute Gasteiger partial charge is 0.493 e. The number of piperidine rings is 1. The summed E-state index contributed by atoms with van der Waals surface area (Å²) in [6.45, 7) is 1.20. The maximum Gasteiger partial charge on any atom is 0.321 e. The lowest BCUT2D eigenvalue weighted by molar-refractivity contribution is -0.150. The minimum absolute atomic E-state index is 0.0140. The number of fused-ring (bicyclic) bond motifs is 1. The number of benzene rings is 2. The predicted molar refractivity (Wildman–Crippen MR) is 111 cm³/mol. The van der Waals surface area contributed by atoms with Crippen LogP contribution in [0.15, 0.2) is 42.5 Å². The Morgan fingerprint density at radius 2 is 1.88 bits per heavy atom. The first-order chi connectivity index (χ1) is 15.4. The molecule has 9 heteroatoms. The number of halogens is 1. The van der Waals surface area contributed by atoms with Gasteiger partial charge in [0, 0.05) is 18.5 Å². The van der Waals surface area contributed by atoms with Gasteiger partial charge in [-0.05, 0) is 48.7 Å². The van der Waals surface area contributed by atoms with Gasteiger partial charge in [0.05, 0.1) is 13.0 Å². The van der Waals surface area contributed by atoms with E-state index < -0.39 is 24.4 Å². The Morgan fingerprint density at radius 1 is 1.12 bits per heavy atom. The van der Waals surface area contributed by atoms with Gasteiger partial charge in [-0.25, -0.2) is 4.39 Å². The highest BCUT2D eigenvalue weighted by molar-refractivity contribution is 5.80. The Labute approximate surface area is 184 Å². The van der Waals surface area contributed by atoms with Crippen LogP contribution in [-0.2, 0) is 9.59 Å². The summed E-state index contributed by atoms with van der Waals surface area (Å²) in [5.74, 6) is -0.945. The van der Waals surface area contributed by atoms with Gasteiger partial charge in [0.15, 0.2) is 11.5 Å². The van der Waals surface area contributed by atoms with Crippen LogP contribution in [0.25, 0.3) is 0 Å². The van der Waals surface area contributed by atoms with Crippen molar-refractivity contribution in [1.82, 2.24) is 4.90 Å². The van der Waals surface area contributed by atoms with Gasteiger partial charge in [0.25, 0.3) is 0 Å². The fraction of sp³-hybridized carbons (Fsp3) is 0.391. The maximum atomic E-state index is 13.4. The molecule has 1 unspecified atom stereocenters. The second-order valence-corrected chi connectivity index (χ2v) is 7.98. The molecule has 0 saturated carbocycles. The van der Waals surface area contributed by atoms with Crippen molar-refractivity contribution in [2.45, 2.75) is 24.8 Å². The zero-order valence-electron chi connectivity index (χ0n) is 17.3. The molecule has 8 nitrogen and oxygen atoms in total. The lowest BCUT2D eigenvalue weighted by Gasteiger charge is -2.40. The molecule has 2 aliphatic heterocycles. The van der Waals surface area contributed by atoms with Crippen molar-refractivity contribution in [2.24, 2.45) is 5.92 Å². The summed E-state index contributed by atoms with van der Waals surface area (Å²) < 4.78 is 30.1.